The van der Waals surface area contributed by atoms with Crippen molar-refractivity contribution >= 4 is 34.7 Å². The molecule has 0 N–H and O–H groups in total. The predicted octanol–water partition coefficient (Wildman–Crippen LogP) is 4.86. The third-order valence-corrected chi connectivity index (χ3v) is 6.30. The molecule has 128 valence electrons. The summed E-state index contributed by atoms with van der Waals surface area (Å²) in [6, 6.07) is 11.9. The molecule has 1 aliphatic rings. The third kappa shape index (κ3) is 3.50. The molecule has 6 heteroatoms. The molecule has 1 unspecified atom stereocenters. The van der Waals surface area contributed by atoms with Crippen molar-refractivity contribution in [1.29, 1.82) is 0 Å². The number of furan rings is 1. The number of thiazole rings is 1. The zero-order valence-electron chi connectivity index (χ0n) is 13.8. The van der Waals surface area contributed by atoms with E-state index in [1.54, 1.807) is 6.26 Å². The quantitative estimate of drug-likeness (QED) is 0.660. The van der Waals surface area contributed by atoms with Crippen molar-refractivity contribution in [2.45, 2.75) is 29.9 Å². The van der Waals surface area contributed by atoms with Gasteiger partial charge in [0.1, 0.15) is 0 Å². The van der Waals surface area contributed by atoms with Crippen molar-refractivity contribution in [2.24, 2.45) is 0 Å². The van der Waals surface area contributed by atoms with Crippen molar-refractivity contribution < 1.29 is 9.21 Å². The number of aromatic nitrogens is 1. The fraction of sp³-hybridized carbons (Fsp3) is 0.263. The highest BCUT2D eigenvalue weighted by Crippen LogP contribution is 2.37. The van der Waals surface area contributed by atoms with E-state index < -0.39 is 0 Å². The Balaban J connectivity index is 1.55. The van der Waals surface area contributed by atoms with Gasteiger partial charge in [0.15, 0.2) is 10.8 Å². The van der Waals surface area contributed by atoms with Crippen LogP contribution in [0.15, 0.2) is 57.4 Å². The number of anilines is 1. The van der Waals surface area contributed by atoms with Crippen LogP contribution in [0.5, 0.6) is 0 Å². The van der Waals surface area contributed by atoms with E-state index >= 15 is 0 Å². The Morgan fingerprint density at radius 1 is 1.32 bits per heavy atom. The van der Waals surface area contributed by atoms with Crippen LogP contribution in [0.3, 0.4) is 0 Å². The molecule has 1 aliphatic heterocycles. The molecule has 25 heavy (non-hydrogen) atoms. The number of thioether (sulfide) groups is 1. The monoisotopic (exact) mass is 370 g/mol. The zero-order valence-corrected chi connectivity index (χ0v) is 15.5. The minimum absolute atomic E-state index is 0.0958. The molecular weight excluding hydrogens is 352 g/mol. The average molecular weight is 370 g/mol. The molecule has 4 nitrogen and oxygen atoms in total. The SMILES string of the molecule is CC1CCN(C(=O)Cc2csc(-c3ccco3)n2)c2ccccc2S1. The van der Waals surface area contributed by atoms with Gasteiger partial charge in [-0.1, -0.05) is 19.1 Å². The Morgan fingerprint density at radius 3 is 3.04 bits per heavy atom. The Kier molecular flexibility index (Phi) is 4.63. The second-order valence-electron chi connectivity index (χ2n) is 6.03. The summed E-state index contributed by atoms with van der Waals surface area (Å²) in [6.45, 7) is 2.96. The van der Waals surface area contributed by atoms with E-state index in [4.69, 9.17) is 4.42 Å². The number of nitrogens with zero attached hydrogens (tertiary/aromatic N) is 2. The number of benzene rings is 1. The maximum Gasteiger partial charge on any atom is 0.233 e. The summed E-state index contributed by atoms with van der Waals surface area (Å²) in [5.74, 6) is 0.840. The number of carbonyl (C=O) groups is 1. The number of carbonyl (C=O) groups excluding carboxylic acids is 1. The minimum Gasteiger partial charge on any atom is -0.462 e. The fourth-order valence-electron chi connectivity index (χ4n) is 2.90. The van der Waals surface area contributed by atoms with Crippen LogP contribution < -0.4 is 4.90 Å². The summed E-state index contributed by atoms with van der Waals surface area (Å²) in [5, 5.41) is 3.26. The lowest BCUT2D eigenvalue weighted by molar-refractivity contribution is -0.118. The molecule has 0 fully saturated rings. The van der Waals surface area contributed by atoms with Gasteiger partial charge in [0.05, 0.1) is 24.1 Å². The molecule has 0 spiro atoms. The van der Waals surface area contributed by atoms with Crippen molar-refractivity contribution in [2.75, 3.05) is 11.4 Å². The third-order valence-electron chi connectivity index (χ3n) is 4.16. The number of hydrogen-bond donors (Lipinski definition) is 0. The molecular formula is C19H18N2O2S2. The first-order chi connectivity index (χ1) is 12.2. The Labute approximate surface area is 154 Å². The van der Waals surface area contributed by atoms with Crippen LogP contribution >= 0.6 is 23.1 Å². The van der Waals surface area contributed by atoms with Crippen molar-refractivity contribution in [3.63, 3.8) is 0 Å². The Bertz CT molecular complexity index is 873. The first-order valence-electron chi connectivity index (χ1n) is 8.25. The number of hydrogen-bond acceptors (Lipinski definition) is 5. The Hall–Kier alpha value is -2.05. The van der Waals surface area contributed by atoms with Crippen LogP contribution in [0.25, 0.3) is 10.8 Å². The number of fused-ring (bicyclic) bond motifs is 1. The molecule has 0 saturated heterocycles. The normalized spacial score (nSPS) is 17.2. The van der Waals surface area contributed by atoms with Gasteiger partial charge in [0, 0.05) is 22.1 Å². The first-order valence-corrected chi connectivity index (χ1v) is 10.0. The van der Waals surface area contributed by atoms with Gasteiger partial charge in [-0.25, -0.2) is 4.98 Å². The summed E-state index contributed by atoms with van der Waals surface area (Å²) >= 11 is 3.35. The summed E-state index contributed by atoms with van der Waals surface area (Å²) in [7, 11) is 0. The van der Waals surface area contributed by atoms with Crippen LogP contribution in [0.4, 0.5) is 5.69 Å². The van der Waals surface area contributed by atoms with E-state index in [0.717, 1.165) is 35.1 Å². The molecule has 1 amide bonds. The number of amides is 1. The second-order valence-corrected chi connectivity index (χ2v) is 8.37. The molecule has 4 rings (SSSR count). The molecule has 3 aromatic rings. The highest BCUT2D eigenvalue weighted by molar-refractivity contribution is 8.00. The molecule has 2 aromatic heterocycles. The Morgan fingerprint density at radius 2 is 2.20 bits per heavy atom. The molecule has 1 atom stereocenters. The predicted molar refractivity (Wildman–Crippen MR) is 102 cm³/mol. The maximum atomic E-state index is 12.9. The molecule has 0 bridgehead atoms. The fourth-order valence-corrected chi connectivity index (χ4v) is 4.80. The van der Waals surface area contributed by atoms with E-state index in [1.165, 1.54) is 16.2 Å². The topological polar surface area (TPSA) is 46.3 Å². The van der Waals surface area contributed by atoms with Crippen LogP contribution in [-0.2, 0) is 11.2 Å². The number of para-hydroxylation sites is 1. The lowest BCUT2D eigenvalue weighted by Gasteiger charge is -2.22. The lowest BCUT2D eigenvalue weighted by Crippen LogP contribution is -2.33. The van der Waals surface area contributed by atoms with E-state index in [9.17, 15) is 4.79 Å². The van der Waals surface area contributed by atoms with Gasteiger partial charge in [0.2, 0.25) is 5.91 Å². The molecule has 1 aromatic carbocycles. The molecule has 0 aliphatic carbocycles. The smallest absolute Gasteiger partial charge is 0.233 e. The largest absolute Gasteiger partial charge is 0.462 e. The summed E-state index contributed by atoms with van der Waals surface area (Å²) in [4.78, 5) is 20.6. The summed E-state index contributed by atoms with van der Waals surface area (Å²) in [5.41, 5.74) is 1.81. The van der Waals surface area contributed by atoms with Crippen LogP contribution in [-0.4, -0.2) is 22.7 Å². The standard InChI is InChI=1S/C19H18N2O2S2/c1-13-8-9-21(15-5-2-3-7-17(15)25-13)18(22)11-14-12-24-19(20-14)16-6-4-10-23-16/h2-7,10,12-13H,8-9,11H2,1H3. The summed E-state index contributed by atoms with van der Waals surface area (Å²) in [6.07, 6.45) is 2.93. The molecule has 0 radical (unpaired) electrons. The highest BCUT2D eigenvalue weighted by atomic mass is 32.2. The minimum atomic E-state index is 0.0958. The molecule has 3 heterocycles. The van der Waals surface area contributed by atoms with Gasteiger partial charge in [-0.05, 0) is 30.7 Å². The first kappa shape index (κ1) is 16.4. The van der Waals surface area contributed by atoms with Gasteiger partial charge in [-0.3, -0.25) is 4.79 Å². The van der Waals surface area contributed by atoms with Gasteiger partial charge in [-0.15, -0.1) is 23.1 Å². The van der Waals surface area contributed by atoms with E-state index in [-0.39, 0.29) is 5.91 Å². The van der Waals surface area contributed by atoms with E-state index in [2.05, 4.69) is 18.0 Å². The van der Waals surface area contributed by atoms with Crippen LogP contribution in [0.1, 0.15) is 19.0 Å². The number of rotatable bonds is 3. The van der Waals surface area contributed by atoms with Crippen molar-refractivity contribution in [3.05, 3.63) is 53.7 Å². The van der Waals surface area contributed by atoms with Crippen LogP contribution in [0, 0.1) is 0 Å². The van der Waals surface area contributed by atoms with Crippen molar-refractivity contribution in [3.8, 4) is 10.8 Å². The zero-order chi connectivity index (χ0) is 17.2. The van der Waals surface area contributed by atoms with Crippen LogP contribution in [0.2, 0.25) is 0 Å². The van der Waals surface area contributed by atoms with Gasteiger partial charge in [-0.2, -0.15) is 0 Å². The molecule has 0 saturated carbocycles. The van der Waals surface area contributed by atoms with E-state index in [0.29, 0.717) is 11.7 Å². The van der Waals surface area contributed by atoms with E-state index in [1.807, 2.05) is 52.4 Å². The van der Waals surface area contributed by atoms with Gasteiger partial charge in [0.25, 0.3) is 0 Å². The highest BCUT2D eigenvalue weighted by Gasteiger charge is 2.24. The second kappa shape index (κ2) is 7.06. The lowest BCUT2D eigenvalue weighted by atomic mass is 10.2. The van der Waals surface area contributed by atoms with Gasteiger partial charge < -0.3 is 9.32 Å². The maximum absolute atomic E-state index is 12.9. The average Bonchev–Trinajstić information content (AvgIpc) is 3.25. The van der Waals surface area contributed by atoms with Gasteiger partial charge >= 0.3 is 0 Å². The summed E-state index contributed by atoms with van der Waals surface area (Å²) < 4.78 is 5.38. The van der Waals surface area contributed by atoms with Crippen molar-refractivity contribution in [1.82, 2.24) is 4.98 Å².